The Morgan fingerprint density at radius 3 is 2.43 bits per heavy atom. The summed E-state index contributed by atoms with van der Waals surface area (Å²) in [7, 11) is 0. The van der Waals surface area contributed by atoms with Crippen LogP contribution in [0.15, 0.2) is 0 Å². The summed E-state index contributed by atoms with van der Waals surface area (Å²) in [5.41, 5.74) is 7.94. The second-order valence-corrected chi connectivity index (χ2v) is 8.16. The van der Waals surface area contributed by atoms with Crippen LogP contribution >= 0.6 is 11.3 Å². The van der Waals surface area contributed by atoms with Crippen LogP contribution in [0.4, 0.5) is 5.13 Å². The molecule has 0 fully saturated rings. The number of nitrogens with zero attached hydrogens (tertiary/aromatic N) is 2. The fourth-order valence-corrected chi connectivity index (χ4v) is 4.25. The molecular formula is C17H31N3S. The lowest BCUT2D eigenvalue weighted by molar-refractivity contribution is 0.282. The quantitative estimate of drug-likeness (QED) is 0.805. The molecule has 1 unspecified atom stereocenters. The number of aromatic nitrogens is 1. The van der Waals surface area contributed by atoms with E-state index in [0.717, 1.165) is 25.9 Å². The molecule has 0 bridgehead atoms. The zero-order valence-electron chi connectivity index (χ0n) is 14.1. The SMILES string of the molecule is CCCCN(CCCC)c1nc2c(s1)C(N)CC(C)(C)C2. The molecule has 2 rings (SSSR count). The van der Waals surface area contributed by atoms with Gasteiger partial charge in [-0.3, -0.25) is 0 Å². The molecule has 0 saturated heterocycles. The highest BCUT2D eigenvalue weighted by atomic mass is 32.1. The molecule has 0 radical (unpaired) electrons. The normalized spacial score (nSPS) is 20.3. The molecule has 4 heteroatoms. The summed E-state index contributed by atoms with van der Waals surface area (Å²) in [6, 6.07) is 0.175. The monoisotopic (exact) mass is 309 g/mol. The van der Waals surface area contributed by atoms with E-state index in [-0.39, 0.29) is 11.5 Å². The lowest BCUT2D eigenvalue weighted by atomic mass is 9.77. The Morgan fingerprint density at radius 2 is 1.86 bits per heavy atom. The molecule has 0 saturated carbocycles. The maximum Gasteiger partial charge on any atom is 0.185 e. The van der Waals surface area contributed by atoms with Gasteiger partial charge in [0.25, 0.3) is 0 Å². The summed E-state index contributed by atoms with van der Waals surface area (Å²) in [6.45, 7) is 11.4. The number of anilines is 1. The molecule has 1 aromatic heterocycles. The lowest BCUT2D eigenvalue weighted by Gasteiger charge is -2.32. The van der Waals surface area contributed by atoms with Crippen LogP contribution in [-0.4, -0.2) is 18.1 Å². The summed E-state index contributed by atoms with van der Waals surface area (Å²) < 4.78 is 0. The van der Waals surface area contributed by atoms with Gasteiger partial charge in [-0.15, -0.1) is 0 Å². The largest absolute Gasteiger partial charge is 0.348 e. The van der Waals surface area contributed by atoms with Gasteiger partial charge in [0.05, 0.1) is 5.69 Å². The molecule has 1 aromatic rings. The molecule has 0 amide bonds. The average molecular weight is 310 g/mol. The summed E-state index contributed by atoms with van der Waals surface area (Å²) in [6.07, 6.45) is 7.10. The maximum absolute atomic E-state index is 6.39. The lowest BCUT2D eigenvalue weighted by Crippen LogP contribution is -2.29. The Morgan fingerprint density at radius 1 is 1.24 bits per heavy atom. The van der Waals surface area contributed by atoms with Gasteiger partial charge in [0.2, 0.25) is 0 Å². The first kappa shape index (κ1) is 16.8. The second kappa shape index (κ2) is 7.10. The van der Waals surface area contributed by atoms with Crippen molar-refractivity contribution < 1.29 is 0 Å². The Labute approximate surface area is 133 Å². The summed E-state index contributed by atoms with van der Waals surface area (Å²) in [5, 5.41) is 1.20. The van der Waals surface area contributed by atoms with Crippen LogP contribution in [0.3, 0.4) is 0 Å². The molecule has 1 atom stereocenters. The average Bonchev–Trinajstić information content (AvgIpc) is 2.81. The molecule has 0 spiro atoms. The third-order valence-electron chi connectivity index (χ3n) is 4.31. The van der Waals surface area contributed by atoms with E-state index in [4.69, 9.17) is 10.7 Å². The predicted molar refractivity (Wildman–Crippen MR) is 93.2 cm³/mol. The first-order chi connectivity index (χ1) is 9.96. The van der Waals surface area contributed by atoms with Gasteiger partial charge in [0.1, 0.15) is 0 Å². The van der Waals surface area contributed by atoms with Crippen molar-refractivity contribution in [2.75, 3.05) is 18.0 Å². The van der Waals surface area contributed by atoms with E-state index in [9.17, 15) is 0 Å². The van der Waals surface area contributed by atoms with E-state index >= 15 is 0 Å². The van der Waals surface area contributed by atoms with Crippen molar-refractivity contribution in [2.45, 2.75) is 72.3 Å². The standard InChI is InChI=1S/C17H31N3S/c1-5-7-9-20(10-8-6-2)16-19-14-12-17(3,4)11-13(18)15(14)21-16/h13H,5-12,18H2,1-4H3. The third-order valence-corrected chi connectivity index (χ3v) is 5.60. The van der Waals surface area contributed by atoms with Crippen LogP contribution in [0.1, 0.15) is 76.4 Å². The zero-order chi connectivity index (χ0) is 15.5. The number of fused-ring (bicyclic) bond motifs is 1. The Kier molecular flexibility index (Phi) is 5.67. The second-order valence-electron chi connectivity index (χ2n) is 7.15. The van der Waals surface area contributed by atoms with E-state index in [1.165, 1.54) is 41.4 Å². The fourth-order valence-electron chi connectivity index (χ4n) is 3.12. The molecule has 120 valence electrons. The van der Waals surface area contributed by atoms with Crippen molar-refractivity contribution in [3.05, 3.63) is 10.6 Å². The van der Waals surface area contributed by atoms with Gasteiger partial charge in [0.15, 0.2) is 5.13 Å². The minimum Gasteiger partial charge on any atom is -0.348 e. The molecule has 0 aromatic carbocycles. The van der Waals surface area contributed by atoms with Crippen LogP contribution in [0, 0.1) is 5.41 Å². The number of hydrogen-bond acceptors (Lipinski definition) is 4. The minimum absolute atomic E-state index is 0.175. The molecule has 2 N–H and O–H groups in total. The van der Waals surface area contributed by atoms with Crippen LogP contribution in [0.2, 0.25) is 0 Å². The number of nitrogens with two attached hydrogens (primary N) is 1. The number of unbranched alkanes of at least 4 members (excludes halogenated alkanes) is 2. The summed E-state index contributed by atoms with van der Waals surface area (Å²) in [5.74, 6) is 0. The molecule has 1 aliphatic rings. The predicted octanol–water partition coefficient (Wildman–Crippen LogP) is 4.52. The highest BCUT2D eigenvalue weighted by Crippen LogP contribution is 2.43. The van der Waals surface area contributed by atoms with E-state index in [0.29, 0.717) is 0 Å². The fraction of sp³-hybridized carbons (Fsp3) is 0.824. The highest BCUT2D eigenvalue weighted by Gasteiger charge is 2.33. The molecule has 3 nitrogen and oxygen atoms in total. The summed E-state index contributed by atoms with van der Waals surface area (Å²) >= 11 is 1.84. The van der Waals surface area contributed by atoms with Gasteiger partial charge < -0.3 is 10.6 Å². The smallest absolute Gasteiger partial charge is 0.185 e. The van der Waals surface area contributed by atoms with E-state index in [1.54, 1.807) is 0 Å². The van der Waals surface area contributed by atoms with Gasteiger partial charge in [0, 0.05) is 24.0 Å². The zero-order valence-corrected chi connectivity index (χ0v) is 14.9. The highest BCUT2D eigenvalue weighted by molar-refractivity contribution is 7.15. The topological polar surface area (TPSA) is 42.2 Å². The van der Waals surface area contributed by atoms with Crippen LogP contribution < -0.4 is 10.6 Å². The molecule has 0 aliphatic heterocycles. The van der Waals surface area contributed by atoms with Gasteiger partial charge >= 0.3 is 0 Å². The van der Waals surface area contributed by atoms with Gasteiger partial charge in [-0.05, 0) is 31.1 Å². The van der Waals surface area contributed by atoms with Crippen molar-refractivity contribution in [3.8, 4) is 0 Å². The minimum atomic E-state index is 0.175. The molecule has 21 heavy (non-hydrogen) atoms. The first-order valence-corrected chi connectivity index (χ1v) is 9.28. The number of rotatable bonds is 7. The molecule has 1 heterocycles. The van der Waals surface area contributed by atoms with Crippen LogP contribution in [-0.2, 0) is 6.42 Å². The van der Waals surface area contributed by atoms with Crippen molar-refractivity contribution in [2.24, 2.45) is 11.1 Å². The van der Waals surface area contributed by atoms with Crippen LogP contribution in [0.25, 0.3) is 0 Å². The number of thiazole rings is 1. The summed E-state index contributed by atoms with van der Waals surface area (Å²) in [4.78, 5) is 8.78. The van der Waals surface area contributed by atoms with Crippen molar-refractivity contribution in [1.82, 2.24) is 4.98 Å². The molecule has 1 aliphatic carbocycles. The van der Waals surface area contributed by atoms with E-state index < -0.39 is 0 Å². The maximum atomic E-state index is 6.39. The van der Waals surface area contributed by atoms with Crippen molar-refractivity contribution in [1.29, 1.82) is 0 Å². The van der Waals surface area contributed by atoms with Gasteiger partial charge in [-0.2, -0.15) is 0 Å². The van der Waals surface area contributed by atoms with Crippen molar-refractivity contribution >= 4 is 16.5 Å². The third kappa shape index (κ3) is 4.19. The molecular weight excluding hydrogens is 278 g/mol. The van der Waals surface area contributed by atoms with Crippen molar-refractivity contribution in [3.63, 3.8) is 0 Å². The first-order valence-electron chi connectivity index (χ1n) is 8.47. The Bertz CT molecular complexity index is 445. The Hall–Kier alpha value is -0.610. The van der Waals surface area contributed by atoms with E-state index in [2.05, 4.69) is 32.6 Å². The van der Waals surface area contributed by atoms with Crippen LogP contribution in [0.5, 0.6) is 0 Å². The number of hydrogen-bond donors (Lipinski definition) is 1. The Balaban J connectivity index is 2.18. The van der Waals surface area contributed by atoms with Gasteiger partial charge in [-0.25, -0.2) is 4.98 Å². The van der Waals surface area contributed by atoms with E-state index in [1.807, 2.05) is 11.3 Å². The van der Waals surface area contributed by atoms with Gasteiger partial charge in [-0.1, -0.05) is 51.9 Å².